The Morgan fingerprint density at radius 2 is 0.804 bits per heavy atom. The summed E-state index contributed by atoms with van der Waals surface area (Å²) in [6.07, 6.45) is 3.37. The Hall–Kier alpha value is -4.50. The molecule has 0 bridgehead atoms. The molecule has 21 heteroatoms. The first-order valence-corrected chi connectivity index (χ1v) is 17.4. The second-order valence-corrected chi connectivity index (χ2v) is 13.5. The highest BCUT2D eigenvalue weighted by atomic mass is 32.2. The lowest BCUT2D eigenvalue weighted by atomic mass is 10.2. The molecule has 0 saturated heterocycles. The number of sulfonamides is 1. The van der Waals surface area contributed by atoms with E-state index in [9.17, 15) is 57.3 Å². The third-order valence-electron chi connectivity index (χ3n) is 6.24. The minimum absolute atomic E-state index is 0.142. The predicted molar refractivity (Wildman–Crippen MR) is 170 cm³/mol. The van der Waals surface area contributed by atoms with Gasteiger partial charge >= 0.3 is 22.7 Å². The minimum atomic E-state index is -4.31. The van der Waals surface area contributed by atoms with Crippen molar-refractivity contribution in [2.45, 2.75) is 63.2 Å². The van der Waals surface area contributed by atoms with E-state index in [1.807, 2.05) is 27.7 Å². The zero-order valence-corrected chi connectivity index (χ0v) is 27.6. The van der Waals surface area contributed by atoms with Crippen molar-refractivity contribution in [3.8, 4) is 0 Å². The summed E-state index contributed by atoms with van der Waals surface area (Å²) in [6, 6.07) is 3.29. The van der Waals surface area contributed by atoms with E-state index >= 15 is 0 Å². The third-order valence-corrected chi connectivity index (χ3v) is 8.22. The normalized spacial score (nSPS) is 11.3. The lowest BCUT2D eigenvalue weighted by Crippen LogP contribution is -2.27. The van der Waals surface area contributed by atoms with Crippen LogP contribution in [0.5, 0.6) is 0 Å². The number of rotatable bonds is 16. The zero-order valence-electron chi connectivity index (χ0n) is 25.9. The van der Waals surface area contributed by atoms with Crippen molar-refractivity contribution in [1.82, 2.24) is 0 Å². The molecule has 46 heavy (non-hydrogen) atoms. The Labute approximate surface area is 265 Å². The van der Waals surface area contributed by atoms with Gasteiger partial charge in [0.25, 0.3) is 0 Å². The molecule has 0 atom stereocenters. The fourth-order valence-electron chi connectivity index (χ4n) is 4.49. The van der Waals surface area contributed by atoms with Crippen molar-refractivity contribution >= 4 is 54.0 Å². The molecule has 0 unspecified atom stereocenters. The highest BCUT2D eigenvalue weighted by Crippen LogP contribution is 2.41. The third kappa shape index (κ3) is 10.3. The average molecular weight is 692 g/mol. The van der Waals surface area contributed by atoms with E-state index in [1.165, 1.54) is 4.90 Å². The first-order chi connectivity index (χ1) is 21.3. The lowest BCUT2D eigenvalue weighted by Gasteiger charge is -2.23. The number of nitro groups is 4. The van der Waals surface area contributed by atoms with E-state index in [4.69, 9.17) is 5.14 Å². The van der Waals surface area contributed by atoms with Crippen LogP contribution in [-0.4, -0.2) is 69.0 Å². The fraction of sp³-hybridized carbons (Fsp3) is 0.520. The number of hydrogen-bond acceptors (Lipinski definition) is 14. The highest BCUT2D eigenvalue weighted by molar-refractivity contribution is 7.90. The van der Waals surface area contributed by atoms with Crippen LogP contribution < -0.4 is 14.9 Å². The van der Waals surface area contributed by atoms with Crippen molar-refractivity contribution in [1.29, 1.82) is 0 Å². The Kier molecular flexibility index (Phi) is 14.4. The van der Waals surface area contributed by atoms with Crippen LogP contribution in [0.1, 0.15) is 53.4 Å². The molecule has 2 aromatic carbocycles. The molecule has 0 aromatic heterocycles. The van der Waals surface area contributed by atoms with E-state index in [-0.39, 0.29) is 11.4 Å². The van der Waals surface area contributed by atoms with Crippen LogP contribution >= 0.6 is 0 Å². The van der Waals surface area contributed by atoms with Gasteiger partial charge in [-0.05, 0) is 25.7 Å². The largest absolute Gasteiger partial charge is 0.360 e. The van der Waals surface area contributed by atoms with E-state index in [0.29, 0.717) is 51.9 Å². The average Bonchev–Trinajstić information content (AvgIpc) is 2.94. The molecule has 0 heterocycles. The maximum atomic E-state index is 11.7. The monoisotopic (exact) mass is 691 g/mol. The molecule has 0 aliphatic heterocycles. The topological polar surface area (TPSA) is 273 Å². The quantitative estimate of drug-likeness (QED) is 0.190. The maximum Gasteiger partial charge on any atom is 0.301 e. The summed E-state index contributed by atoms with van der Waals surface area (Å²) in [6.45, 7) is 8.89. The van der Waals surface area contributed by atoms with Crippen LogP contribution in [0.4, 0.5) is 34.1 Å². The second kappa shape index (κ2) is 16.7. The Morgan fingerprint density at radius 1 is 0.565 bits per heavy atom. The molecule has 2 N–H and O–H groups in total. The van der Waals surface area contributed by atoms with Crippen molar-refractivity contribution in [2.24, 2.45) is 5.14 Å². The Balaban J connectivity index is 0.000000460. The summed E-state index contributed by atoms with van der Waals surface area (Å²) < 4.78 is 46.2. The molecule has 0 aliphatic carbocycles. The van der Waals surface area contributed by atoms with Gasteiger partial charge in [0.2, 0.25) is 10.0 Å². The van der Waals surface area contributed by atoms with Crippen molar-refractivity contribution in [3.05, 3.63) is 64.7 Å². The summed E-state index contributed by atoms with van der Waals surface area (Å²) in [4.78, 5) is 44.1. The van der Waals surface area contributed by atoms with Crippen LogP contribution in [0.25, 0.3) is 0 Å². The van der Waals surface area contributed by atoms with E-state index in [0.717, 1.165) is 30.5 Å². The summed E-state index contributed by atoms with van der Waals surface area (Å²) in [5, 5.41) is 50.3. The first-order valence-electron chi connectivity index (χ1n) is 13.9. The highest BCUT2D eigenvalue weighted by Gasteiger charge is 2.34. The summed E-state index contributed by atoms with van der Waals surface area (Å²) in [7, 11) is -8.12. The zero-order chi connectivity index (χ0) is 35.6. The van der Waals surface area contributed by atoms with Gasteiger partial charge in [0, 0.05) is 56.7 Å². The van der Waals surface area contributed by atoms with Crippen LogP contribution in [-0.2, 0) is 19.9 Å². The fourth-order valence-corrected chi connectivity index (χ4v) is 5.69. The van der Waals surface area contributed by atoms with Gasteiger partial charge in [-0.3, -0.25) is 40.5 Å². The smallest absolute Gasteiger partial charge is 0.301 e. The Bertz CT molecular complexity index is 1480. The van der Waals surface area contributed by atoms with Crippen LogP contribution in [0, 0.1) is 40.5 Å². The summed E-state index contributed by atoms with van der Waals surface area (Å²) in [5.41, 5.74) is -2.77. The number of hydrogen-bond donors (Lipinski definition) is 1. The van der Waals surface area contributed by atoms with Gasteiger partial charge in [-0.25, -0.2) is 22.0 Å². The maximum absolute atomic E-state index is 11.7. The van der Waals surface area contributed by atoms with Gasteiger partial charge in [0.05, 0.1) is 29.5 Å². The Morgan fingerprint density at radius 3 is 0.978 bits per heavy atom. The van der Waals surface area contributed by atoms with Crippen LogP contribution in [0.3, 0.4) is 0 Å². The van der Waals surface area contributed by atoms with Crippen molar-refractivity contribution < 1.29 is 36.5 Å². The van der Waals surface area contributed by atoms with Gasteiger partial charge in [-0.1, -0.05) is 27.7 Å². The SMILES string of the molecule is CCCN(CCC)c1c([N+](=O)[O-])cc(S(C)(=O)=O)cc1[N+](=O)[O-].CCCN(CCC)c1c([N+](=O)[O-])cc(S(N)(=O)=O)cc1[N+](=O)[O-]. The van der Waals surface area contributed by atoms with Gasteiger partial charge in [0.1, 0.15) is 0 Å². The molecule has 0 saturated carbocycles. The first kappa shape index (κ1) is 39.5. The molecule has 0 aliphatic rings. The molecule has 256 valence electrons. The standard InChI is InChI=1S/C13H19N3O6S.C12H18N4O6S/c1-4-6-14(7-5-2)13-11(15(17)18)8-10(23(3,21)22)9-12(13)16(19)20;1-3-5-14(6-4-2)12-10(15(17)18)7-9(23(13,21)22)8-11(12)16(19)20/h8-9H,4-7H2,1-3H3;7-8H,3-6H2,1-2H3,(H2,13,21,22). The molecule has 2 rings (SSSR count). The lowest BCUT2D eigenvalue weighted by molar-refractivity contribution is -0.393. The van der Waals surface area contributed by atoms with E-state index < -0.39 is 72.1 Å². The predicted octanol–water partition coefficient (Wildman–Crippen LogP) is 4.31. The van der Waals surface area contributed by atoms with Gasteiger partial charge in [0.15, 0.2) is 21.2 Å². The van der Waals surface area contributed by atoms with Crippen molar-refractivity contribution in [2.75, 3.05) is 42.2 Å². The number of sulfone groups is 1. The van der Waals surface area contributed by atoms with Gasteiger partial charge in [-0.15, -0.1) is 0 Å². The minimum Gasteiger partial charge on any atom is -0.360 e. The number of nitrogens with two attached hydrogens (primary N) is 1. The molecule has 0 radical (unpaired) electrons. The van der Waals surface area contributed by atoms with Crippen LogP contribution in [0.15, 0.2) is 34.1 Å². The molecule has 0 amide bonds. The van der Waals surface area contributed by atoms with Gasteiger partial charge in [-0.2, -0.15) is 0 Å². The molecular weight excluding hydrogens is 654 g/mol. The molecule has 2 aromatic rings. The van der Waals surface area contributed by atoms with E-state index in [2.05, 4.69) is 0 Å². The summed E-state index contributed by atoms with van der Waals surface area (Å²) in [5.74, 6) is 0. The van der Waals surface area contributed by atoms with Crippen LogP contribution in [0.2, 0.25) is 0 Å². The number of benzene rings is 2. The molecule has 19 nitrogen and oxygen atoms in total. The molecule has 0 spiro atoms. The number of primary sulfonamides is 1. The molecular formula is C25H37N7O12S2. The number of anilines is 2. The van der Waals surface area contributed by atoms with E-state index in [1.54, 1.807) is 4.90 Å². The summed E-state index contributed by atoms with van der Waals surface area (Å²) >= 11 is 0. The van der Waals surface area contributed by atoms with Crippen molar-refractivity contribution in [3.63, 3.8) is 0 Å². The number of nitro benzene ring substituents is 4. The van der Waals surface area contributed by atoms with Gasteiger partial charge < -0.3 is 9.80 Å². The molecule has 0 fully saturated rings. The second-order valence-electron chi connectivity index (χ2n) is 9.94. The number of nitrogens with zero attached hydrogens (tertiary/aromatic N) is 6.